The second kappa shape index (κ2) is 8.16. The summed E-state index contributed by atoms with van der Waals surface area (Å²) in [5, 5.41) is 24.6. The van der Waals surface area contributed by atoms with Crippen LogP contribution in [0.4, 0.5) is 5.69 Å². The Hall–Kier alpha value is -3.39. The summed E-state index contributed by atoms with van der Waals surface area (Å²) in [4.78, 5) is 16.5. The number of rotatable bonds is 6. The number of aromatic hydroxyl groups is 1. The van der Waals surface area contributed by atoms with Crippen LogP contribution in [-0.2, 0) is 11.3 Å². The quantitative estimate of drug-likeness (QED) is 0.382. The number of hydrogen-bond donors (Lipinski definition) is 3. The first kappa shape index (κ1) is 19.9. The summed E-state index contributed by atoms with van der Waals surface area (Å²) >= 11 is 1.60. The number of esters is 1. The molecule has 0 saturated carbocycles. The summed E-state index contributed by atoms with van der Waals surface area (Å²) in [6, 6.07) is 11.2. The van der Waals surface area contributed by atoms with Gasteiger partial charge in [0.2, 0.25) is 0 Å². The summed E-state index contributed by atoms with van der Waals surface area (Å²) in [5.41, 5.74) is 4.05. The lowest BCUT2D eigenvalue weighted by Crippen LogP contribution is -2.03. The van der Waals surface area contributed by atoms with Gasteiger partial charge in [0, 0.05) is 40.0 Å². The minimum absolute atomic E-state index is 0.213. The van der Waals surface area contributed by atoms with Crippen LogP contribution in [0.2, 0.25) is 0 Å². The van der Waals surface area contributed by atoms with Crippen molar-refractivity contribution < 1.29 is 14.6 Å². The zero-order valence-electron chi connectivity index (χ0n) is 16.9. The van der Waals surface area contributed by atoms with Crippen molar-refractivity contribution >= 4 is 33.9 Å². The number of H-pyrrole nitrogens is 1. The summed E-state index contributed by atoms with van der Waals surface area (Å²) < 4.78 is 4.78. The average Bonchev–Trinajstić information content (AvgIpc) is 3.39. The Morgan fingerprint density at radius 2 is 2.13 bits per heavy atom. The number of carbonyl (C=O) groups is 1. The number of aromatic amines is 1. The van der Waals surface area contributed by atoms with Gasteiger partial charge >= 0.3 is 5.97 Å². The average molecular weight is 423 g/mol. The predicted molar refractivity (Wildman–Crippen MR) is 118 cm³/mol. The number of nitrogens with one attached hydrogen (secondary N) is 2. The number of para-hydroxylation sites is 1. The molecule has 0 spiro atoms. The number of ether oxygens (including phenoxy) is 1. The maximum Gasteiger partial charge on any atom is 0.359 e. The van der Waals surface area contributed by atoms with Crippen molar-refractivity contribution in [1.82, 2.24) is 15.2 Å². The van der Waals surface area contributed by atoms with Crippen LogP contribution in [0.5, 0.6) is 5.75 Å². The standard InChI is InChI=1S/C22H22N4O3S/c1-12(2)21-24-18(11-30-21)15-6-4-5-13(20(15)27)10-23-14-7-8-17-16(9-14)19(26-25-17)22(28)29-3/h4-9,11-12,23,27H,10H2,1-3H3,(H,25,26). The van der Waals surface area contributed by atoms with E-state index in [-0.39, 0.29) is 11.4 Å². The van der Waals surface area contributed by atoms with E-state index >= 15 is 0 Å². The maximum atomic E-state index is 11.9. The molecule has 0 fully saturated rings. The van der Waals surface area contributed by atoms with Gasteiger partial charge < -0.3 is 15.2 Å². The van der Waals surface area contributed by atoms with Crippen molar-refractivity contribution in [2.75, 3.05) is 12.4 Å². The molecule has 0 unspecified atom stereocenters. The summed E-state index contributed by atoms with van der Waals surface area (Å²) in [7, 11) is 1.33. The summed E-state index contributed by atoms with van der Waals surface area (Å²) in [6.45, 7) is 4.62. The van der Waals surface area contributed by atoms with Gasteiger partial charge in [-0.25, -0.2) is 9.78 Å². The number of aromatic nitrogens is 3. The Kier molecular flexibility index (Phi) is 5.41. The molecule has 0 radical (unpaired) electrons. The number of benzene rings is 2. The lowest BCUT2D eigenvalue weighted by molar-refractivity contribution is 0.0596. The monoisotopic (exact) mass is 422 g/mol. The van der Waals surface area contributed by atoms with Gasteiger partial charge in [-0.2, -0.15) is 5.10 Å². The van der Waals surface area contributed by atoms with Crippen LogP contribution in [-0.4, -0.2) is 33.4 Å². The van der Waals surface area contributed by atoms with Crippen molar-refractivity contribution in [3.05, 3.63) is 58.0 Å². The first-order valence-corrected chi connectivity index (χ1v) is 10.4. The third-order valence-electron chi connectivity index (χ3n) is 4.84. The molecule has 0 atom stereocenters. The van der Waals surface area contributed by atoms with E-state index in [1.54, 1.807) is 11.3 Å². The molecular weight excluding hydrogens is 400 g/mol. The highest BCUT2D eigenvalue weighted by Crippen LogP contribution is 2.34. The molecule has 4 rings (SSSR count). The fourth-order valence-corrected chi connectivity index (χ4v) is 4.03. The number of carbonyl (C=O) groups excluding carboxylic acids is 1. The van der Waals surface area contributed by atoms with Crippen LogP contribution in [0.3, 0.4) is 0 Å². The second-order valence-corrected chi connectivity index (χ2v) is 8.11. The molecule has 8 heteroatoms. The van der Waals surface area contributed by atoms with E-state index in [0.717, 1.165) is 33.0 Å². The molecule has 30 heavy (non-hydrogen) atoms. The largest absolute Gasteiger partial charge is 0.507 e. The lowest BCUT2D eigenvalue weighted by Gasteiger charge is -2.11. The Balaban J connectivity index is 1.57. The van der Waals surface area contributed by atoms with Crippen LogP contribution in [0, 0.1) is 0 Å². The highest BCUT2D eigenvalue weighted by Gasteiger charge is 2.16. The molecule has 2 aromatic carbocycles. The van der Waals surface area contributed by atoms with E-state index in [1.807, 2.05) is 41.8 Å². The van der Waals surface area contributed by atoms with Gasteiger partial charge in [-0.05, 0) is 24.3 Å². The van der Waals surface area contributed by atoms with Gasteiger partial charge in [0.15, 0.2) is 5.69 Å². The fraction of sp³-hybridized carbons (Fsp3) is 0.227. The second-order valence-electron chi connectivity index (χ2n) is 7.22. The predicted octanol–water partition coefficient (Wildman–Crippen LogP) is 4.91. The molecule has 4 aromatic rings. The third kappa shape index (κ3) is 3.73. The summed E-state index contributed by atoms with van der Waals surface area (Å²) in [5.74, 6) is 0.0708. The van der Waals surface area contributed by atoms with Crippen LogP contribution in [0.15, 0.2) is 41.8 Å². The number of thiazole rings is 1. The van der Waals surface area contributed by atoms with Crippen molar-refractivity contribution in [1.29, 1.82) is 0 Å². The SMILES string of the molecule is COC(=O)c1n[nH]c2ccc(NCc3cccc(-c4csc(C(C)C)n4)c3O)cc12. The van der Waals surface area contributed by atoms with E-state index in [2.05, 4.69) is 34.3 Å². The molecule has 0 bridgehead atoms. The van der Waals surface area contributed by atoms with Gasteiger partial charge in [0.1, 0.15) is 5.75 Å². The van der Waals surface area contributed by atoms with Gasteiger partial charge in [-0.3, -0.25) is 5.10 Å². The normalized spacial score (nSPS) is 11.2. The van der Waals surface area contributed by atoms with Crippen molar-refractivity contribution in [2.24, 2.45) is 0 Å². The first-order valence-electron chi connectivity index (χ1n) is 9.55. The van der Waals surface area contributed by atoms with Gasteiger partial charge in [-0.1, -0.05) is 26.0 Å². The van der Waals surface area contributed by atoms with E-state index in [9.17, 15) is 9.90 Å². The van der Waals surface area contributed by atoms with Gasteiger partial charge in [0.25, 0.3) is 0 Å². The van der Waals surface area contributed by atoms with E-state index in [4.69, 9.17) is 4.74 Å². The number of fused-ring (bicyclic) bond motifs is 1. The highest BCUT2D eigenvalue weighted by molar-refractivity contribution is 7.10. The van der Waals surface area contributed by atoms with Crippen molar-refractivity contribution in [3.8, 4) is 17.0 Å². The highest BCUT2D eigenvalue weighted by atomic mass is 32.1. The number of phenols is 1. The lowest BCUT2D eigenvalue weighted by atomic mass is 10.1. The number of nitrogens with zero attached hydrogens (tertiary/aromatic N) is 2. The number of hydrogen-bond acceptors (Lipinski definition) is 7. The van der Waals surface area contributed by atoms with Gasteiger partial charge in [0.05, 0.1) is 23.3 Å². The van der Waals surface area contributed by atoms with E-state index < -0.39 is 5.97 Å². The van der Waals surface area contributed by atoms with Crippen molar-refractivity contribution in [3.63, 3.8) is 0 Å². The molecule has 2 heterocycles. The van der Waals surface area contributed by atoms with Crippen LogP contribution >= 0.6 is 11.3 Å². The summed E-state index contributed by atoms with van der Waals surface area (Å²) in [6.07, 6.45) is 0. The van der Waals surface area contributed by atoms with Crippen LogP contribution in [0.25, 0.3) is 22.2 Å². The molecular formula is C22H22N4O3S. The van der Waals surface area contributed by atoms with Crippen LogP contribution < -0.4 is 5.32 Å². The van der Waals surface area contributed by atoms with E-state index in [1.165, 1.54) is 7.11 Å². The zero-order valence-corrected chi connectivity index (χ0v) is 17.7. The number of methoxy groups -OCH3 is 1. The third-order valence-corrected chi connectivity index (χ3v) is 5.98. The first-order chi connectivity index (χ1) is 14.5. The molecule has 0 amide bonds. The molecule has 0 saturated heterocycles. The Bertz CT molecular complexity index is 1210. The Labute approximate surface area is 177 Å². The Morgan fingerprint density at radius 1 is 1.30 bits per heavy atom. The zero-order chi connectivity index (χ0) is 21.3. The molecule has 3 N–H and O–H groups in total. The molecule has 0 aliphatic heterocycles. The minimum atomic E-state index is -0.493. The van der Waals surface area contributed by atoms with E-state index in [0.29, 0.717) is 17.8 Å². The smallest absolute Gasteiger partial charge is 0.359 e. The van der Waals surface area contributed by atoms with Crippen LogP contribution in [0.1, 0.15) is 40.8 Å². The van der Waals surface area contributed by atoms with Crippen molar-refractivity contribution in [2.45, 2.75) is 26.3 Å². The Morgan fingerprint density at radius 3 is 2.87 bits per heavy atom. The molecule has 7 nitrogen and oxygen atoms in total. The topological polar surface area (TPSA) is 100 Å². The maximum absolute atomic E-state index is 11.9. The molecule has 0 aliphatic carbocycles. The van der Waals surface area contributed by atoms with Gasteiger partial charge in [-0.15, -0.1) is 11.3 Å². The molecule has 154 valence electrons. The minimum Gasteiger partial charge on any atom is -0.507 e. The number of anilines is 1. The molecule has 2 aromatic heterocycles. The number of phenolic OH excluding ortho intramolecular Hbond substituents is 1. The fourth-order valence-electron chi connectivity index (χ4n) is 3.19. The molecule has 0 aliphatic rings.